The van der Waals surface area contributed by atoms with Crippen molar-refractivity contribution < 1.29 is 18.4 Å². The van der Waals surface area contributed by atoms with Gasteiger partial charge in [0.1, 0.15) is 11.5 Å². The van der Waals surface area contributed by atoms with Gasteiger partial charge in [0, 0.05) is 56.4 Å². The molecular weight excluding hydrogens is 454 g/mol. The van der Waals surface area contributed by atoms with Crippen molar-refractivity contribution in [1.82, 2.24) is 19.4 Å². The molecule has 1 aliphatic rings. The van der Waals surface area contributed by atoms with Crippen LogP contribution in [0.25, 0.3) is 10.9 Å². The monoisotopic (exact) mass is 484 g/mol. The highest BCUT2D eigenvalue weighted by atomic mass is 19.3. The molecule has 1 aromatic carbocycles. The lowest BCUT2D eigenvalue weighted by molar-refractivity contribution is -0.132. The van der Waals surface area contributed by atoms with Crippen LogP contribution in [0.2, 0.25) is 0 Å². The zero-order valence-electron chi connectivity index (χ0n) is 19.7. The highest BCUT2D eigenvalue weighted by Crippen LogP contribution is 2.23. The van der Waals surface area contributed by atoms with Crippen LogP contribution < -0.4 is 10.6 Å². The average molecular weight is 485 g/mol. The van der Waals surface area contributed by atoms with E-state index >= 15 is 0 Å². The molecule has 2 aromatic heterocycles. The number of primary amides is 1. The van der Waals surface area contributed by atoms with E-state index in [2.05, 4.69) is 14.5 Å². The first-order chi connectivity index (χ1) is 16.8. The molecule has 0 unspecified atom stereocenters. The fraction of sp³-hybridized carbons (Fsp3) is 0.440. The number of hydrogen-bond donors (Lipinski definition) is 1. The number of nitrogens with zero attached hydrogens (tertiary/aromatic N) is 5. The van der Waals surface area contributed by atoms with Crippen LogP contribution in [0.4, 0.5) is 14.6 Å². The van der Waals surface area contributed by atoms with Gasteiger partial charge in [-0.05, 0) is 49.3 Å². The fourth-order valence-electron chi connectivity index (χ4n) is 4.56. The summed E-state index contributed by atoms with van der Waals surface area (Å²) < 4.78 is 27.4. The maximum absolute atomic E-state index is 12.7. The molecule has 1 aliphatic heterocycles. The van der Waals surface area contributed by atoms with E-state index in [-0.39, 0.29) is 17.6 Å². The molecule has 2 amide bonds. The van der Waals surface area contributed by atoms with Crippen molar-refractivity contribution in [1.29, 1.82) is 0 Å². The summed E-state index contributed by atoms with van der Waals surface area (Å²) in [6.07, 6.45) is 5.54. The molecule has 0 aliphatic carbocycles. The second-order valence-electron chi connectivity index (χ2n) is 8.93. The van der Waals surface area contributed by atoms with Gasteiger partial charge >= 0.3 is 0 Å². The molecule has 0 radical (unpaired) electrons. The number of nitrogens with two attached hydrogens (primary N) is 1. The van der Waals surface area contributed by atoms with Crippen LogP contribution in [0.3, 0.4) is 0 Å². The summed E-state index contributed by atoms with van der Waals surface area (Å²) in [4.78, 5) is 36.0. The Morgan fingerprint density at radius 2 is 1.91 bits per heavy atom. The summed E-state index contributed by atoms with van der Waals surface area (Å²) in [6, 6.07) is 7.57. The zero-order chi connectivity index (χ0) is 24.9. The molecule has 1 saturated heterocycles. The highest BCUT2D eigenvalue weighted by Gasteiger charge is 2.26. The summed E-state index contributed by atoms with van der Waals surface area (Å²) in [5.41, 5.74) is 6.52. The van der Waals surface area contributed by atoms with E-state index < -0.39 is 12.3 Å². The van der Waals surface area contributed by atoms with Gasteiger partial charge in [-0.2, -0.15) is 0 Å². The van der Waals surface area contributed by atoms with Crippen molar-refractivity contribution in [3.63, 3.8) is 0 Å². The van der Waals surface area contributed by atoms with Crippen molar-refractivity contribution in [2.24, 2.45) is 5.73 Å². The van der Waals surface area contributed by atoms with Gasteiger partial charge in [0.25, 0.3) is 6.43 Å². The van der Waals surface area contributed by atoms with Crippen LogP contribution in [-0.4, -0.2) is 57.4 Å². The van der Waals surface area contributed by atoms with E-state index in [9.17, 15) is 18.4 Å². The number of piperidine rings is 1. The number of anilines is 1. The molecule has 3 aromatic rings. The lowest BCUT2D eigenvalue weighted by Crippen LogP contribution is -2.45. The normalized spacial score (nSPS) is 14.6. The lowest BCUT2D eigenvalue weighted by atomic mass is 10.0. The third-order valence-electron chi connectivity index (χ3n) is 6.71. The SMILES string of the molecule is CN(C(=O)CCCCn1ccc2ccc(C(N)=O)cc21)C1CCN(c2cnc(C(F)F)cn2)CC1. The summed E-state index contributed by atoms with van der Waals surface area (Å²) in [5, 5.41) is 1.05. The Hall–Kier alpha value is -3.56. The predicted molar refractivity (Wildman–Crippen MR) is 129 cm³/mol. The fourth-order valence-corrected chi connectivity index (χ4v) is 4.56. The van der Waals surface area contributed by atoms with Crippen LogP contribution in [0.1, 0.15) is 54.6 Å². The molecule has 0 saturated carbocycles. The van der Waals surface area contributed by atoms with E-state index in [0.29, 0.717) is 30.9 Å². The van der Waals surface area contributed by atoms with Crippen LogP contribution in [0.15, 0.2) is 42.9 Å². The summed E-state index contributed by atoms with van der Waals surface area (Å²) in [6.45, 7) is 2.14. The minimum atomic E-state index is -2.63. The van der Waals surface area contributed by atoms with Gasteiger partial charge < -0.3 is 20.1 Å². The number of aromatic nitrogens is 3. The van der Waals surface area contributed by atoms with Crippen LogP contribution in [0.5, 0.6) is 0 Å². The first-order valence-corrected chi connectivity index (χ1v) is 11.8. The number of halogens is 2. The second kappa shape index (κ2) is 10.8. The van der Waals surface area contributed by atoms with Crippen molar-refractivity contribution >= 4 is 28.5 Å². The van der Waals surface area contributed by atoms with E-state index in [1.54, 1.807) is 6.07 Å². The quantitative estimate of drug-likeness (QED) is 0.467. The molecule has 0 atom stereocenters. The maximum atomic E-state index is 12.7. The van der Waals surface area contributed by atoms with Gasteiger partial charge in [-0.3, -0.25) is 9.59 Å². The van der Waals surface area contributed by atoms with Gasteiger partial charge in [-0.25, -0.2) is 18.7 Å². The maximum Gasteiger partial charge on any atom is 0.281 e. The highest BCUT2D eigenvalue weighted by molar-refractivity contribution is 5.97. The Morgan fingerprint density at radius 3 is 2.57 bits per heavy atom. The van der Waals surface area contributed by atoms with Crippen molar-refractivity contribution in [2.75, 3.05) is 25.0 Å². The largest absolute Gasteiger partial charge is 0.366 e. The summed E-state index contributed by atoms with van der Waals surface area (Å²) in [7, 11) is 1.85. The smallest absolute Gasteiger partial charge is 0.281 e. The predicted octanol–water partition coefficient (Wildman–Crippen LogP) is 3.77. The number of unbranched alkanes of at least 4 members (excludes halogenated alkanes) is 1. The van der Waals surface area contributed by atoms with Crippen molar-refractivity contribution in [3.8, 4) is 0 Å². The molecule has 8 nitrogen and oxygen atoms in total. The number of amides is 2. The van der Waals surface area contributed by atoms with Gasteiger partial charge in [-0.15, -0.1) is 0 Å². The van der Waals surface area contributed by atoms with Crippen LogP contribution in [-0.2, 0) is 11.3 Å². The molecule has 0 bridgehead atoms. The third-order valence-corrected chi connectivity index (χ3v) is 6.71. The number of benzene rings is 1. The number of aryl methyl sites for hydroxylation is 1. The first kappa shape index (κ1) is 24.6. The number of hydrogen-bond acceptors (Lipinski definition) is 5. The average Bonchev–Trinajstić information content (AvgIpc) is 3.28. The molecule has 0 spiro atoms. The van der Waals surface area contributed by atoms with Gasteiger partial charge in [0.05, 0.1) is 12.4 Å². The Labute approximate surface area is 202 Å². The summed E-state index contributed by atoms with van der Waals surface area (Å²) in [5.74, 6) is 0.261. The number of fused-ring (bicyclic) bond motifs is 1. The number of rotatable bonds is 9. The Balaban J connectivity index is 1.22. The lowest BCUT2D eigenvalue weighted by Gasteiger charge is -2.37. The molecule has 35 heavy (non-hydrogen) atoms. The Morgan fingerprint density at radius 1 is 1.14 bits per heavy atom. The number of carbonyl (C=O) groups is 2. The number of alkyl halides is 2. The van der Waals surface area contributed by atoms with Gasteiger partial charge in [0.15, 0.2) is 0 Å². The van der Waals surface area contributed by atoms with E-state index in [1.165, 1.54) is 6.20 Å². The number of carbonyl (C=O) groups excluding carboxylic acids is 2. The Kier molecular flexibility index (Phi) is 7.57. The summed E-state index contributed by atoms with van der Waals surface area (Å²) >= 11 is 0. The second-order valence-corrected chi connectivity index (χ2v) is 8.93. The van der Waals surface area contributed by atoms with E-state index in [4.69, 9.17) is 5.73 Å². The third kappa shape index (κ3) is 5.75. The molecule has 10 heteroatoms. The Bertz CT molecular complexity index is 1170. The first-order valence-electron chi connectivity index (χ1n) is 11.8. The van der Waals surface area contributed by atoms with Crippen LogP contribution >= 0.6 is 0 Å². The molecular formula is C25H30F2N6O2. The molecule has 4 rings (SSSR count). The van der Waals surface area contributed by atoms with Crippen molar-refractivity contribution in [3.05, 3.63) is 54.1 Å². The molecule has 3 heterocycles. The minimum absolute atomic E-state index is 0.123. The van der Waals surface area contributed by atoms with Crippen LogP contribution in [0, 0.1) is 0 Å². The molecule has 1 fully saturated rings. The topological polar surface area (TPSA) is 97.4 Å². The molecule has 186 valence electrons. The molecule has 2 N–H and O–H groups in total. The van der Waals surface area contributed by atoms with Gasteiger partial charge in [0.2, 0.25) is 11.8 Å². The zero-order valence-corrected chi connectivity index (χ0v) is 19.7. The van der Waals surface area contributed by atoms with E-state index in [1.807, 2.05) is 41.2 Å². The minimum Gasteiger partial charge on any atom is -0.366 e. The standard InChI is InChI=1S/C25H30F2N6O2/c1-31(19-8-12-33(13-9-19)22-16-29-20(15-30-22)24(26)27)23(34)4-2-3-10-32-11-7-17-5-6-18(25(28)35)14-21(17)32/h5-7,11,14-16,19,24H,2-4,8-10,12-13H2,1H3,(H2,28,35). The van der Waals surface area contributed by atoms with Gasteiger partial charge in [-0.1, -0.05) is 6.07 Å². The van der Waals surface area contributed by atoms with Crippen molar-refractivity contribution in [2.45, 2.75) is 51.1 Å². The van der Waals surface area contributed by atoms with E-state index in [0.717, 1.165) is 49.3 Å².